The van der Waals surface area contributed by atoms with Gasteiger partial charge in [0.05, 0.1) is 5.52 Å². The molecule has 0 spiro atoms. The molecular formula is C25H23ClN6O. The number of pyridine rings is 2. The Labute approximate surface area is 197 Å². The average molecular weight is 459 g/mol. The average Bonchev–Trinajstić information content (AvgIpc) is 3.38. The zero-order valence-electron chi connectivity index (χ0n) is 18.3. The minimum Gasteiger partial charge on any atom is -0.486 e. The van der Waals surface area contributed by atoms with E-state index >= 15 is 0 Å². The van der Waals surface area contributed by atoms with Gasteiger partial charge < -0.3 is 4.74 Å². The van der Waals surface area contributed by atoms with Gasteiger partial charge in [-0.05, 0) is 47.4 Å². The highest BCUT2D eigenvalue weighted by atomic mass is 35.5. The van der Waals surface area contributed by atoms with Gasteiger partial charge >= 0.3 is 0 Å². The number of tetrazole rings is 1. The largest absolute Gasteiger partial charge is 0.486 e. The van der Waals surface area contributed by atoms with Gasteiger partial charge in [-0.25, -0.2) is 4.98 Å². The lowest BCUT2D eigenvalue weighted by molar-refractivity contribution is 0.309. The van der Waals surface area contributed by atoms with Crippen LogP contribution in [0.25, 0.3) is 33.5 Å². The first-order valence-corrected chi connectivity index (χ1v) is 10.5. The molecule has 33 heavy (non-hydrogen) atoms. The molecule has 7 nitrogen and oxygen atoms in total. The van der Waals surface area contributed by atoms with Crippen molar-refractivity contribution >= 4 is 23.4 Å². The molecule has 0 fully saturated rings. The summed E-state index contributed by atoms with van der Waals surface area (Å²) in [4.78, 5) is 9.31. The van der Waals surface area contributed by atoms with Crippen molar-refractivity contribution in [3.05, 3.63) is 83.7 Å². The quantitative estimate of drug-likeness (QED) is 0.369. The van der Waals surface area contributed by atoms with Gasteiger partial charge in [-0.15, -0.1) is 22.6 Å². The molecule has 0 aliphatic rings. The van der Waals surface area contributed by atoms with E-state index in [9.17, 15) is 0 Å². The van der Waals surface area contributed by atoms with Crippen LogP contribution in [0.15, 0.2) is 66.7 Å². The lowest BCUT2D eigenvalue weighted by atomic mass is 9.98. The second-order valence-electron chi connectivity index (χ2n) is 7.55. The molecule has 0 aliphatic carbocycles. The molecule has 166 valence electrons. The van der Waals surface area contributed by atoms with Gasteiger partial charge in [0.2, 0.25) is 5.82 Å². The fourth-order valence-electron chi connectivity index (χ4n) is 3.67. The van der Waals surface area contributed by atoms with E-state index in [0.717, 1.165) is 56.8 Å². The minimum absolute atomic E-state index is 0. The molecule has 0 amide bonds. The van der Waals surface area contributed by atoms with Crippen molar-refractivity contribution in [1.82, 2.24) is 30.6 Å². The Morgan fingerprint density at radius 2 is 1.70 bits per heavy atom. The number of nitrogens with zero attached hydrogens (tertiary/aromatic N) is 5. The van der Waals surface area contributed by atoms with Crippen LogP contribution in [0.4, 0.5) is 0 Å². The summed E-state index contributed by atoms with van der Waals surface area (Å²) in [6.07, 6.45) is 0.842. The molecule has 3 aromatic heterocycles. The number of nitrogens with one attached hydrogen (secondary N) is 1. The molecular weight excluding hydrogens is 436 g/mol. The van der Waals surface area contributed by atoms with E-state index in [0.29, 0.717) is 12.4 Å². The van der Waals surface area contributed by atoms with Gasteiger partial charge in [0.25, 0.3) is 0 Å². The third-order valence-electron chi connectivity index (χ3n) is 5.34. The predicted molar refractivity (Wildman–Crippen MR) is 130 cm³/mol. The maximum absolute atomic E-state index is 6.20. The molecule has 5 rings (SSSR count). The van der Waals surface area contributed by atoms with Crippen molar-refractivity contribution in [3.8, 4) is 28.3 Å². The van der Waals surface area contributed by atoms with Gasteiger partial charge in [0, 0.05) is 23.0 Å². The fraction of sp³-hybridized carbons (Fsp3) is 0.160. The van der Waals surface area contributed by atoms with E-state index < -0.39 is 0 Å². The van der Waals surface area contributed by atoms with Crippen molar-refractivity contribution in [3.63, 3.8) is 0 Å². The van der Waals surface area contributed by atoms with Crippen LogP contribution in [0.5, 0.6) is 5.75 Å². The van der Waals surface area contributed by atoms with Crippen LogP contribution in [0, 0.1) is 6.92 Å². The van der Waals surface area contributed by atoms with E-state index in [4.69, 9.17) is 4.74 Å². The van der Waals surface area contributed by atoms with Crippen molar-refractivity contribution in [1.29, 1.82) is 0 Å². The summed E-state index contributed by atoms with van der Waals surface area (Å²) in [7, 11) is 0. The normalized spacial score (nSPS) is 10.7. The molecule has 0 radical (unpaired) electrons. The van der Waals surface area contributed by atoms with Gasteiger partial charge in [0.15, 0.2) is 0 Å². The molecule has 8 heteroatoms. The standard InChI is InChI=1S/C25H22N6O.ClH/c1-3-19-14-23(24-22(27-19)13-8-16(2)26-24)32-15-17-9-11-18(12-10-17)20-6-4-5-7-21(20)25-28-30-31-29-25;/h4-14H,3,15H2,1-2H3,(H,28,29,30,31);1H. The zero-order chi connectivity index (χ0) is 21.9. The lowest BCUT2D eigenvalue weighted by Gasteiger charge is -2.12. The van der Waals surface area contributed by atoms with E-state index in [2.05, 4.69) is 67.8 Å². The summed E-state index contributed by atoms with van der Waals surface area (Å²) < 4.78 is 6.20. The highest BCUT2D eigenvalue weighted by Gasteiger charge is 2.11. The Hall–Kier alpha value is -3.84. The molecule has 2 aromatic carbocycles. The van der Waals surface area contributed by atoms with Crippen molar-refractivity contribution in [2.75, 3.05) is 0 Å². The Bertz CT molecular complexity index is 1370. The molecule has 0 unspecified atom stereocenters. The van der Waals surface area contributed by atoms with Gasteiger partial charge in [-0.1, -0.05) is 55.5 Å². The maximum atomic E-state index is 6.20. The highest BCUT2D eigenvalue weighted by Crippen LogP contribution is 2.30. The smallest absolute Gasteiger partial charge is 0.205 e. The first-order chi connectivity index (χ1) is 15.7. The van der Waals surface area contributed by atoms with Gasteiger partial charge in [-0.3, -0.25) is 4.98 Å². The summed E-state index contributed by atoms with van der Waals surface area (Å²) in [6.45, 7) is 4.51. The summed E-state index contributed by atoms with van der Waals surface area (Å²) in [5.41, 5.74) is 7.72. The number of rotatable bonds is 6. The molecule has 0 aliphatic heterocycles. The van der Waals surface area contributed by atoms with Crippen LogP contribution in [0.3, 0.4) is 0 Å². The van der Waals surface area contributed by atoms with Crippen LogP contribution in [0.2, 0.25) is 0 Å². The number of fused-ring (bicyclic) bond motifs is 1. The zero-order valence-corrected chi connectivity index (χ0v) is 19.1. The number of hydrogen-bond donors (Lipinski definition) is 1. The SMILES string of the molecule is CCc1cc(OCc2ccc(-c3ccccc3-c3nn[nH]n3)cc2)c2nc(C)ccc2n1.Cl. The fourth-order valence-corrected chi connectivity index (χ4v) is 3.67. The first kappa shape index (κ1) is 22.4. The molecule has 1 N–H and O–H groups in total. The second kappa shape index (κ2) is 9.75. The Kier molecular flexibility index (Phi) is 6.60. The Morgan fingerprint density at radius 1 is 0.909 bits per heavy atom. The van der Waals surface area contributed by atoms with Crippen LogP contribution >= 0.6 is 12.4 Å². The molecule has 0 saturated heterocycles. The van der Waals surface area contributed by atoms with E-state index in [1.54, 1.807) is 0 Å². The third kappa shape index (κ3) is 4.68. The van der Waals surface area contributed by atoms with Gasteiger partial charge in [-0.2, -0.15) is 5.21 Å². The number of aryl methyl sites for hydroxylation is 2. The molecule has 5 aromatic rings. The Balaban J connectivity index is 0.00000259. The minimum atomic E-state index is 0. The molecule has 0 saturated carbocycles. The van der Waals surface area contributed by atoms with Crippen molar-refractivity contribution < 1.29 is 4.74 Å². The Morgan fingerprint density at radius 3 is 2.42 bits per heavy atom. The number of aromatic nitrogens is 6. The maximum Gasteiger partial charge on any atom is 0.205 e. The lowest BCUT2D eigenvalue weighted by Crippen LogP contribution is -2.00. The number of hydrogen-bond acceptors (Lipinski definition) is 6. The molecule has 0 atom stereocenters. The van der Waals surface area contributed by atoms with Crippen molar-refractivity contribution in [2.24, 2.45) is 0 Å². The number of H-pyrrole nitrogens is 1. The number of ether oxygens (including phenoxy) is 1. The van der Waals surface area contributed by atoms with Crippen LogP contribution in [-0.2, 0) is 13.0 Å². The van der Waals surface area contributed by atoms with Gasteiger partial charge in [0.1, 0.15) is 17.9 Å². The number of benzene rings is 2. The highest BCUT2D eigenvalue weighted by molar-refractivity contribution is 5.85. The van der Waals surface area contributed by atoms with Crippen LogP contribution < -0.4 is 4.74 Å². The second-order valence-corrected chi connectivity index (χ2v) is 7.55. The first-order valence-electron chi connectivity index (χ1n) is 10.5. The summed E-state index contributed by atoms with van der Waals surface area (Å²) >= 11 is 0. The number of aromatic amines is 1. The van der Waals surface area contributed by atoms with E-state index in [1.807, 2.05) is 43.3 Å². The summed E-state index contributed by atoms with van der Waals surface area (Å²) in [6, 6.07) is 22.3. The van der Waals surface area contributed by atoms with Crippen molar-refractivity contribution in [2.45, 2.75) is 26.9 Å². The third-order valence-corrected chi connectivity index (χ3v) is 5.34. The monoisotopic (exact) mass is 458 g/mol. The molecule has 3 heterocycles. The predicted octanol–water partition coefficient (Wildman–Crippen LogP) is 5.35. The number of halogens is 1. The van der Waals surface area contributed by atoms with E-state index in [-0.39, 0.29) is 12.4 Å². The van der Waals surface area contributed by atoms with E-state index in [1.165, 1.54) is 0 Å². The summed E-state index contributed by atoms with van der Waals surface area (Å²) in [5.74, 6) is 1.34. The molecule has 0 bridgehead atoms. The topological polar surface area (TPSA) is 89.5 Å². The van der Waals surface area contributed by atoms with Crippen LogP contribution in [0.1, 0.15) is 23.9 Å². The summed E-state index contributed by atoms with van der Waals surface area (Å²) in [5, 5.41) is 14.4. The van der Waals surface area contributed by atoms with Crippen LogP contribution in [-0.4, -0.2) is 30.6 Å².